The van der Waals surface area contributed by atoms with Crippen LogP contribution < -0.4 is 10.6 Å². The van der Waals surface area contributed by atoms with Crippen molar-refractivity contribution in [2.24, 2.45) is 0 Å². The molecule has 1 saturated heterocycles. The fourth-order valence-electron chi connectivity index (χ4n) is 2.19. The van der Waals surface area contributed by atoms with Crippen molar-refractivity contribution in [3.63, 3.8) is 0 Å². The Hall–Kier alpha value is -2.09. The summed E-state index contributed by atoms with van der Waals surface area (Å²) in [5.41, 5.74) is -0.362. The Bertz CT molecular complexity index is 530. The number of carboxylic acid groups (broad SMARTS) is 1. The second kappa shape index (κ2) is 6.13. The number of ether oxygens (including phenoxy) is 1. The van der Waals surface area contributed by atoms with Crippen LogP contribution in [0.4, 0.5) is 4.79 Å². The molecule has 0 bridgehead atoms. The summed E-state index contributed by atoms with van der Waals surface area (Å²) in [6.07, 6.45) is 3.62. The van der Waals surface area contributed by atoms with Gasteiger partial charge in [-0.3, -0.25) is 0 Å². The van der Waals surface area contributed by atoms with Crippen LogP contribution in [0.3, 0.4) is 0 Å². The SMILES string of the molecule is CC1OCCC1(C)NC(=O)NCCn1cnc(C(=O)O)c1. The highest BCUT2D eigenvalue weighted by atomic mass is 16.5. The van der Waals surface area contributed by atoms with E-state index in [4.69, 9.17) is 9.84 Å². The molecule has 21 heavy (non-hydrogen) atoms. The zero-order chi connectivity index (χ0) is 15.5. The fraction of sp³-hybridized carbons (Fsp3) is 0.615. The molecule has 2 rings (SSSR count). The molecule has 1 aliphatic rings. The van der Waals surface area contributed by atoms with Crippen LogP contribution in [0, 0.1) is 0 Å². The molecule has 116 valence electrons. The van der Waals surface area contributed by atoms with Gasteiger partial charge in [-0.05, 0) is 20.3 Å². The standard InChI is InChI=1S/C13H20N4O4/c1-9-13(2,3-6-21-9)16-12(20)14-4-5-17-7-10(11(18)19)15-8-17/h7-9H,3-6H2,1-2H3,(H,18,19)(H2,14,16,20). The average molecular weight is 296 g/mol. The van der Waals surface area contributed by atoms with Crippen molar-refractivity contribution in [3.05, 3.63) is 18.2 Å². The molecule has 8 nitrogen and oxygen atoms in total. The molecule has 1 fully saturated rings. The number of aromatic carboxylic acids is 1. The molecule has 1 aromatic rings. The Labute approximate surface area is 122 Å². The number of nitrogens with one attached hydrogen (secondary N) is 2. The second-order valence-corrected chi connectivity index (χ2v) is 5.36. The van der Waals surface area contributed by atoms with Gasteiger partial charge in [0, 0.05) is 25.9 Å². The zero-order valence-electron chi connectivity index (χ0n) is 12.1. The van der Waals surface area contributed by atoms with Crippen LogP contribution in [-0.4, -0.2) is 51.5 Å². The monoisotopic (exact) mass is 296 g/mol. The lowest BCUT2D eigenvalue weighted by molar-refractivity contribution is 0.0691. The number of nitrogens with zero attached hydrogens (tertiary/aromatic N) is 2. The number of carbonyl (C=O) groups is 2. The van der Waals surface area contributed by atoms with E-state index in [1.165, 1.54) is 12.5 Å². The smallest absolute Gasteiger partial charge is 0.356 e. The number of hydrogen-bond donors (Lipinski definition) is 3. The normalized spacial score (nSPS) is 24.8. The molecule has 0 aromatic carbocycles. The van der Waals surface area contributed by atoms with Gasteiger partial charge in [-0.1, -0.05) is 0 Å². The van der Waals surface area contributed by atoms with E-state index in [0.29, 0.717) is 19.7 Å². The van der Waals surface area contributed by atoms with Crippen LogP contribution in [0.1, 0.15) is 30.8 Å². The maximum Gasteiger partial charge on any atom is 0.356 e. The Morgan fingerprint density at radius 2 is 2.38 bits per heavy atom. The highest BCUT2D eigenvalue weighted by Gasteiger charge is 2.38. The van der Waals surface area contributed by atoms with Gasteiger partial charge in [0.15, 0.2) is 5.69 Å². The molecule has 1 aliphatic heterocycles. The molecular weight excluding hydrogens is 276 g/mol. The largest absolute Gasteiger partial charge is 0.476 e. The first-order chi connectivity index (χ1) is 9.90. The molecule has 2 unspecified atom stereocenters. The Morgan fingerprint density at radius 1 is 1.62 bits per heavy atom. The van der Waals surface area contributed by atoms with Gasteiger partial charge in [0.05, 0.1) is 18.0 Å². The van der Waals surface area contributed by atoms with Crippen LogP contribution in [0.25, 0.3) is 0 Å². The quantitative estimate of drug-likeness (QED) is 0.731. The van der Waals surface area contributed by atoms with Crippen molar-refractivity contribution in [1.29, 1.82) is 0 Å². The summed E-state index contributed by atoms with van der Waals surface area (Å²) in [5.74, 6) is -1.07. The second-order valence-electron chi connectivity index (χ2n) is 5.36. The molecule has 0 saturated carbocycles. The molecule has 0 spiro atoms. The number of carbonyl (C=O) groups excluding carboxylic acids is 1. The van der Waals surface area contributed by atoms with Crippen molar-refractivity contribution in [3.8, 4) is 0 Å². The minimum Gasteiger partial charge on any atom is -0.476 e. The summed E-state index contributed by atoms with van der Waals surface area (Å²) in [6.45, 7) is 5.37. The highest BCUT2D eigenvalue weighted by molar-refractivity contribution is 5.84. The van der Waals surface area contributed by atoms with Crippen molar-refractivity contribution in [2.45, 2.75) is 38.5 Å². The van der Waals surface area contributed by atoms with E-state index < -0.39 is 5.97 Å². The van der Waals surface area contributed by atoms with Gasteiger partial charge in [0.1, 0.15) is 0 Å². The first-order valence-electron chi connectivity index (χ1n) is 6.83. The minimum atomic E-state index is -1.07. The van der Waals surface area contributed by atoms with Gasteiger partial charge in [-0.2, -0.15) is 0 Å². The summed E-state index contributed by atoms with van der Waals surface area (Å²) in [6, 6.07) is -0.256. The third kappa shape index (κ3) is 3.72. The Balaban J connectivity index is 1.75. The third-order valence-electron chi connectivity index (χ3n) is 3.79. The maximum atomic E-state index is 11.9. The number of aromatic nitrogens is 2. The van der Waals surface area contributed by atoms with E-state index in [1.54, 1.807) is 4.57 Å². The molecule has 2 atom stereocenters. The minimum absolute atomic E-state index is 0.0103. The molecule has 1 aromatic heterocycles. The van der Waals surface area contributed by atoms with E-state index >= 15 is 0 Å². The van der Waals surface area contributed by atoms with Crippen LogP contribution in [-0.2, 0) is 11.3 Å². The molecule has 8 heteroatoms. The first kappa shape index (κ1) is 15.3. The molecule has 3 N–H and O–H groups in total. The first-order valence-corrected chi connectivity index (χ1v) is 6.83. The average Bonchev–Trinajstić information content (AvgIpc) is 2.98. The summed E-state index contributed by atoms with van der Waals surface area (Å²) in [5, 5.41) is 14.4. The molecule has 2 heterocycles. The fourth-order valence-corrected chi connectivity index (χ4v) is 2.19. The van der Waals surface area contributed by atoms with Crippen molar-refractivity contribution in [2.75, 3.05) is 13.2 Å². The van der Waals surface area contributed by atoms with Gasteiger partial charge in [0.25, 0.3) is 0 Å². The third-order valence-corrected chi connectivity index (χ3v) is 3.79. The lowest BCUT2D eigenvalue weighted by Crippen LogP contribution is -2.54. The summed E-state index contributed by atoms with van der Waals surface area (Å²) >= 11 is 0. The lowest BCUT2D eigenvalue weighted by atomic mass is 9.95. The summed E-state index contributed by atoms with van der Waals surface area (Å²) in [4.78, 5) is 26.3. The van der Waals surface area contributed by atoms with Crippen LogP contribution in [0.15, 0.2) is 12.5 Å². The number of amides is 2. The van der Waals surface area contributed by atoms with E-state index in [-0.39, 0.29) is 23.4 Å². The van der Waals surface area contributed by atoms with E-state index in [2.05, 4.69) is 15.6 Å². The van der Waals surface area contributed by atoms with Gasteiger partial charge in [-0.15, -0.1) is 0 Å². The van der Waals surface area contributed by atoms with Gasteiger partial charge < -0.3 is 25.0 Å². The van der Waals surface area contributed by atoms with Crippen LogP contribution in [0.5, 0.6) is 0 Å². The van der Waals surface area contributed by atoms with Gasteiger partial charge >= 0.3 is 12.0 Å². The lowest BCUT2D eigenvalue weighted by Gasteiger charge is -2.28. The summed E-state index contributed by atoms with van der Waals surface area (Å²) in [7, 11) is 0. The van der Waals surface area contributed by atoms with E-state index in [1.807, 2.05) is 13.8 Å². The van der Waals surface area contributed by atoms with Gasteiger partial charge in [-0.25, -0.2) is 14.6 Å². The van der Waals surface area contributed by atoms with Crippen molar-refractivity contribution in [1.82, 2.24) is 20.2 Å². The van der Waals surface area contributed by atoms with E-state index in [0.717, 1.165) is 6.42 Å². The number of carboxylic acids is 1. The number of hydrogen-bond acceptors (Lipinski definition) is 4. The number of rotatable bonds is 5. The maximum absolute atomic E-state index is 11.9. The van der Waals surface area contributed by atoms with E-state index in [9.17, 15) is 9.59 Å². The molecular formula is C13H20N4O4. The van der Waals surface area contributed by atoms with Crippen molar-refractivity contribution >= 4 is 12.0 Å². The predicted octanol–water partition coefficient (Wildman–Crippen LogP) is 0.448. The van der Waals surface area contributed by atoms with Crippen LogP contribution >= 0.6 is 0 Å². The van der Waals surface area contributed by atoms with Crippen LogP contribution in [0.2, 0.25) is 0 Å². The zero-order valence-corrected chi connectivity index (χ0v) is 12.1. The molecule has 0 radical (unpaired) electrons. The topological polar surface area (TPSA) is 105 Å². The highest BCUT2D eigenvalue weighted by Crippen LogP contribution is 2.24. The van der Waals surface area contributed by atoms with Crippen molar-refractivity contribution < 1.29 is 19.4 Å². The number of urea groups is 1. The molecule has 0 aliphatic carbocycles. The summed E-state index contributed by atoms with van der Waals surface area (Å²) < 4.78 is 7.08. The van der Waals surface area contributed by atoms with Gasteiger partial charge in [0.2, 0.25) is 0 Å². The molecule has 2 amide bonds. The Morgan fingerprint density at radius 3 is 2.95 bits per heavy atom. The Kier molecular flexibility index (Phi) is 4.46. The predicted molar refractivity (Wildman–Crippen MR) is 74.2 cm³/mol. The number of imidazole rings is 1.